The molecule has 2 rings (SSSR count). The second-order valence-corrected chi connectivity index (χ2v) is 6.33. The first-order valence-corrected chi connectivity index (χ1v) is 7.70. The van der Waals surface area contributed by atoms with E-state index in [1.54, 1.807) is 18.3 Å². The number of rotatable bonds is 5. The molecule has 0 saturated heterocycles. The van der Waals surface area contributed by atoms with Crippen molar-refractivity contribution in [2.45, 2.75) is 32.4 Å². The maximum absolute atomic E-state index is 6.26. The van der Waals surface area contributed by atoms with Crippen LogP contribution in [0.15, 0.2) is 24.4 Å². The molecule has 1 heterocycles. The Bertz CT molecular complexity index is 625. The van der Waals surface area contributed by atoms with Crippen LogP contribution in [0.3, 0.4) is 0 Å². The lowest BCUT2D eigenvalue weighted by Crippen LogP contribution is -2.32. The zero-order chi connectivity index (χ0) is 15.6. The molecule has 21 heavy (non-hydrogen) atoms. The zero-order valence-electron chi connectivity index (χ0n) is 11.8. The summed E-state index contributed by atoms with van der Waals surface area (Å²) in [6.07, 6.45) is 2.22. The van der Waals surface area contributed by atoms with Gasteiger partial charge in [0, 0.05) is 16.1 Å². The van der Waals surface area contributed by atoms with Gasteiger partial charge in [-0.2, -0.15) is 5.10 Å². The molecule has 114 valence electrons. The molecule has 1 aromatic carbocycles. The number of hydrogen-bond donors (Lipinski definition) is 2. The van der Waals surface area contributed by atoms with Gasteiger partial charge < -0.3 is 0 Å². The number of halogens is 3. The highest BCUT2D eigenvalue weighted by Gasteiger charge is 2.22. The highest BCUT2D eigenvalue weighted by molar-refractivity contribution is 6.35. The number of nitrogens with zero attached hydrogens (tertiary/aromatic N) is 2. The highest BCUT2D eigenvalue weighted by atomic mass is 35.5. The molecule has 0 spiro atoms. The second kappa shape index (κ2) is 6.99. The molecule has 0 bridgehead atoms. The van der Waals surface area contributed by atoms with E-state index in [0.717, 1.165) is 11.3 Å². The third-order valence-corrected chi connectivity index (χ3v) is 4.12. The number of nitrogens with two attached hydrogens (primary N) is 1. The van der Waals surface area contributed by atoms with Crippen LogP contribution in [0.4, 0.5) is 0 Å². The first-order valence-electron chi connectivity index (χ1n) is 6.57. The zero-order valence-corrected chi connectivity index (χ0v) is 14.0. The van der Waals surface area contributed by atoms with E-state index in [9.17, 15) is 0 Å². The van der Waals surface area contributed by atoms with Gasteiger partial charge in [-0.15, -0.1) is 0 Å². The molecule has 7 heteroatoms. The van der Waals surface area contributed by atoms with Crippen LogP contribution in [0.1, 0.15) is 37.2 Å². The summed E-state index contributed by atoms with van der Waals surface area (Å²) in [7, 11) is 0. The van der Waals surface area contributed by atoms with Crippen molar-refractivity contribution in [1.29, 1.82) is 0 Å². The van der Waals surface area contributed by atoms with Crippen molar-refractivity contribution < 1.29 is 0 Å². The van der Waals surface area contributed by atoms with Gasteiger partial charge in [-0.1, -0.05) is 40.9 Å². The Morgan fingerprint density at radius 3 is 2.52 bits per heavy atom. The molecule has 3 N–H and O–H groups in total. The first kappa shape index (κ1) is 16.6. The molecule has 0 aliphatic heterocycles. The molecular weight excluding hydrogens is 331 g/mol. The fourth-order valence-electron chi connectivity index (χ4n) is 2.23. The molecule has 0 fully saturated rings. The molecule has 0 radical (unpaired) electrons. The number of hydrazine groups is 1. The molecule has 1 unspecified atom stereocenters. The van der Waals surface area contributed by atoms with Crippen molar-refractivity contribution in [2.24, 2.45) is 5.84 Å². The smallest absolute Gasteiger partial charge is 0.0834 e. The van der Waals surface area contributed by atoms with Gasteiger partial charge in [0.15, 0.2) is 0 Å². The highest BCUT2D eigenvalue weighted by Crippen LogP contribution is 2.30. The van der Waals surface area contributed by atoms with Crippen LogP contribution in [0.25, 0.3) is 0 Å². The van der Waals surface area contributed by atoms with Crippen molar-refractivity contribution in [1.82, 2.24) is 15.2 Å². The van der Waals surface area contributed by atoms with Crippen LogP contribution in [0.5, 0.6) is 0 Å². The third-order valence-electron chi connectivity index (χ3n) is 3.25. The van der Waals surface area contributed by atoms with Gasteiger partial charge in [-0.3, -0.25) is 16.0 Å². The van der Waals surface area contributed by atoms with Crippen LogP contribution in [0.2, 0.25) is 15.1 Å². The van der Waals surface area contributed by atoms with Crippen molar-refractivity contribution in [3.63, 3.8) is 0 Å². The van der Waals surface area contributed by atoms with E-state index in [-0.39, 0.29) is 12.1 Å². The number of nitrogens with one attached hydrogen (secondary N) is 1. The minimum absolute atomic E-state index is 0.184. The lowest BCUT2D eigenvalue weighted by molar-refractivity contribution is 0.448. The Hall–Kier alpha value is -0.780. The quantitative estimate of drug-likeness (QED) is 0.630. The van der Waals surface area contributed by atoms with Crippen LogP contribution in [0, 0.1) is 0 Å². The average Bonchev–Trinajstić information content (AvgIpc) is 2.80. The maximum Gasteiger partial charge on any atom is 0.0834 e. The topological polar surface area (TPSA) is 55.9 Å². The average molecular weight is 348 g/mol. The fourth-order valence-corrected chi connectivity index (χ4v) is 2.98. The summed E-state index contributed by atoms with van der Waals surface area (Å²) in [5, 5.41) is 6.09. The van der Waals surface area contributed by atoms with Gasteiger partial charge >= 0.3 is 0 Å². The van der Waals surface area contributed by atoms with Gasteiger partial charge in [-0.25, -0.2) is 0 Å². The summed E-state index contributed by atoms with van der Waals surface area (Å²) < 4.78 is 1.86. The maximum atomic E-state index is 6.26. The predicted octanol–water partition coefficient (Wildman–Crippen LogP) is 4.17. The fraction of sp³-hybridized carbons (Fsp3) is 0.357. The summed E-state index contributed by atoms with van der Waals surface area (Å²) in [5.74, 6) is 5.71. The summed E-state index contributed by atoms with van der Waals surface area (Å²) in [6.45, 7) is 4.07. The summed E-state index contributed by atoms with van der Waals surface area (Å²) in [6, 6.07) is 5.40. The van der Waals surface area contributed by atoms with Gasteiger partial charge in [0.25, 0.3) is 0 Å². The largest absolute Gasteiger partial charge is 0.271 e. The Labute approximate surface area is 139 Å². The van der Waals surface area contributed by atoms with Crippen molar-refractivity contribution in [3.8, 4) is 0 Å². The van der Waals surface area contributed by atoms with Crippen LogP contribution >= 0.6 is 34.8 Å². The van der Waals surface area contributed by atoms with E-state index in [1.807, 2.05) is 24.6 Å². The Morgan fingerprint density at radius 1 is 1.24 bits per heavy atom. The van der Waals surface area contributed by atoms with Crippen molar-refractivity contribution >= 4 is 34.8 Å². The minimum Gasteiger partial charge on any atom is -0.271 e. The monoisotopic (exact) mass is 346 g/mol. The number of benzene rings is 1. The SMILES string of the molecule is CC(C)n1ncc(Cl)c1C(Cc1ccc(Cl)cc1Cl)NN. The lowest BCUT2D eigenvalue weighted by Gasteiger charge is -2.21. The summed E-state index contributed by atoms with van der Waals surface area (Å²) in [5.41, 5.74) is 4.58. The Balaban J connectivity index is 2.34. The van der Waals surface area contributed by atoms with Crippen LogP contribution in [-0.4, -0.2) is 9.78 Å². The van der Waals surface area contributed by atoms with Crippen LogP contribution in [-0.2, 0) is 6.42 Å². The predicted molar refractivity (Wildman–Crippen MR) is 87.9 cm³/mol. The minimum atomic E-state index is -0.193. The van der Waals surface area contributed by atoms with E-state index in [0.29, 0.717) is 21.5 Å². The molecule has 2 aromatic rings. The molecular formula is C14H17Cl3N4. The van der Waals surface area contributed by atoms with E-state index in [4.69, 9.17) is 40.6 Å². The normalized spacial score (nSPS) is 12.9. The van der Waals surface area contributed by atoms with Gasteiger partial charge in [-0.05, 0) is 38.0 Å². The third kappa shape index (κ3) is 3.71. The van der Waals surface area contributed by atoms with Crippen molar-refractivity contribution in [3.05, 3.63) is 50.7 Å². The lowest BCUT2D eigenvalue weighted by atomic mass is 10.0. The summed E-state index contributed by atoms with van der Waals surface area (Å²) >= 11 is 18.4. The molecule has 1 atom stereocenters. The number of aromatic nitrogens is 2. The summed E-state index contributed by atoms with van der Waals surface area (Å²) in [4.78, 5) is 0. The molecule has 0 aliphatic carbocycles. The molecule has 0 amide bonds. The molecule has 4 nitrogen and oxygen atoms in total. The van der Waals surface area contributed by atoms with Crippen molar-refractivity contribution in [2.75, 3.05) is 0 Å². The van der Waals surface area contributed by atoms with E-state index in [2.05, 4.69) is 10.5 Å². The van der Waals surface area contributed by atoms with Gasteiger partial charge in [0.1, 0.15) is 0 Å². The second-order valence-electron chi connectivity index (χ2n) is 5.08. The van der Waals surface area contributed by atoms with Crippen LogP contribution < -0.4 is 11.3 Å². The molecule has 1 aromatic heterocycles. The molecule has 0 aliphatic rings. The van der Waals surface area contributed by atoms with Gasteiger partial charge in [0.05, 0.1) is 23.0 Å². The Morgan fingerprint density at radius 2 is 1.95 bits per heavy atom. The van der Waals surface area contributed by atoms with E-state index < -0.39 is 0 Å². The number of hydrogen-bond acceptors (Lipinski definition) is 3. The first-order chi connectivity index (χ1) is 9.93. The van der Waals surface area contributed by atoms with E-state index >= 15 is 0 Å². The molecule has 0 saturated carbocycles. The van der Waals surface area contributed by atoms with Gasteiger partial charge in [0.2, 0.25) is 0 Å². The standard InChI is InChI=1S/C14H17Cl3N4/c1-8(2)21-14(12(17)7-19-21)13(20-18)5-9-3-4-10(15)6-11(9)16/h3-4,6-8,13,20H,5,18H2,1-2H3. The Kier molecular flexibility index (Phi) is 5.52. The van der Waals surface area contributed by atoms with E-state index in [1.165, 1.54) is 0 Å².